The Morgan fingerprint density at radius 2 is 1.51 bits per heavy atom. The Balaban J connectivity index is 0.806. The summed E-state index contributed by atoms with van der Waals surface area (Å²) in [5, 5.41) is 12.4. The predicted octanol–water partition coefficient (Wildman–Crippen LogP) is 12.2. The zero-order valence-electron chi connectivity index (χ0n) is 59.1. The molecule has 104 heavy (non-hydrogen) atoms. The minimum atomic E-state index is -1.85. The second-order valence-corrected chi connectivity index (χ2v) is 30.9. The first-order valence-electron chi connectivity index (χ1n) is 35.5. The lowest BCUT2D eigenvalue weighted by molar-refractivity contribution is -0.128. The molecule has 7 heterocycles. The van der Waals surface area contributed by atoms with Crippen molar-refractivity contribution in [2.45, 2.75) is 146 Å². The van der Waals surface area contributed by atoms with Crippen molar-refractivity contribution in [2.75, 3.05) is 70.8 Å². The van der Waals surface area contributed by atoms with Crippen molar-refractivity contribution in [3.63, 3.8) is 0 Å². The average Bonchev–Trinajstić information content (AvgIpc) is 0.756. The number of ether oxygens (including phenoxy) is 5. The summed E-state index contributed by atoms with van der Waals surface area (Å²) in [6.45, 7) is 11.8. The van der Waals surface area contributed by atoms with Crippen LogP contribution in [0.5, 0.6) is 23.0 Å². The van der Waals surface area contributed by atoms with E-state index in [9.17, 15) is 24.4 Å². The van der Waals surface area contributed by atoms with Gasteiger partial charge in [-0.2, -0.15) is 11.2 Å². The summed E-state index contributed by atoms with van der Waals surface area (Å²) in [4.78, 5) is 66.9. The number of fused-ring (bicyclic) bond motifs is 4. The summed E-state index contributed by atoms with van der Waals surface area (Å²) in [5.41, 5.74) is 7.05. The zero-order valence-corrected chi connectivity index (χ0v) is 63.1. The van der Waals surface area contributed by atoms with Gasteiger partial charge in [0.1, 0.15) is 54.0 Å². The molecule has 0 aliphatic carbocycles. The molecule has 21 nitrogen and oxygen atoms in total. The number of hydrogen-bond donors (Lipinski definition) is 3. The number of anilines is 1. The van der Waals surface area contributed by atoms with Gasteiger partial charge >= 0.3 is 11.7 Å². The van der Waals surface area contributed by atoms with E-state index in [0.717, 1.165) is 157 Å². The fourth-order valence-corrected chi connectivity index (χ4v) is 19.4. The normalized spacial score (nSPS) is 17.9. The number of benzene rings is 6. The van der Waals surface area contributed by atoms with Crippen LogP contribution in [0.15, 0.2) is 118 Å². The molecule has 13 rings (SSSR count). The number of aromatic nitrogens is 2. The molecule has 0 radical (unpaired) electrons. The molecule has 0 bridgehead atoms. The number of thioether (sulfide) groups is 1. The monoisotopic (exact) mass is 1510 g/mol. The van der Waals surface area contributed by atoms with E-state index >= 15 is 0 Å². The van der Waals surface area contributed by atoms with Crippen LogP contribution in [-0.4, -0.2) is 121 Å². The molecule has 1 amide bonds. The van der Waals surface area contributed by atoms with Gasteiger partial charge in [-0.1, -0.05) is 102 Å². The molecule has 6 aliphatic rings. The van der Waals surface area contributed by atoms with Gasteiger partial charge in [0.05, 0.1) is 90.1 Å². The summed E-state index contributed by atoms with van der Waals surface area (Å²) in [6.07, 6.45) is 11.2. The Morgan fingerprint density at radius 1 is 0.837 bits per heavy atom. The number of H-pyrrole nitrogens is 1. The largest absolute Gasteiger partial charge is 0.497 e. The van der Waals surface area contributed by atoms with Crippen molar-refractivity contribution in [1.82, 2.24) is 23.8 Å². The summed E-state index contributed by atoms with van der Waals surface area (Å²) in [5.74, 6) is 13.3. The summed E-state index contributed by atoms with van der Waals surface area (Å²) >= 11 is 23.3. The first-order valence-corrected chi connectivity index (χ1v) is 38.8. The Morgan fingerprint density at radius 3 is 2.20 bits per heavy atom. The molecule has 6 aromatic carbocycles. The van der Waals surface area contributed by atoms with Gasteiger partial charge in [0, 0.05) is 94.3 Å². The molecular formula is C78H86Cl3N9O12PS+. The van der Waals surface area contributed by atoms with E-state index in [2.05, 4.69) is 37.3 Å². The molecular weight excluding hydrogens is 1420 g/mol. The maximum Gasteiger partial charge on any atom is 0.358 e. The van der Waals surface area contributed by atoms with Crippen LogP contribution >= 0.6 is 55.1 Å². The van der Waals surface area contributed by atoms with Gasteiger partial charge in [-0.3, -0.25) is 24.1 Å². The lowest BCUT2D eigenvalue weighted by Crippen LogP contribution is -2.41. The SMILES string of the molecule is COc1ccc(C(OCC2OC(n3cc(/C=C/CN(N)C(=O)CSc4c(Cl)c(Cl)c(C(=O)ON)c(C5=c6cc7c8c(c6Oc6c5cc5c9c6CCCN9CCCC5)CCC[N+]=8CCCC7)c4Cl)c(=O)[nH]c3=O)CC2OP(OCCC#N)N(C(C)C)C(C)C)(c2ccccc2)c2ccc(OC)cc2)cc1. The van der Waals surface area contributed by atoms with Crippen molar-refractivity contribution < 1.29 is 47.2 Å². The number of amides is 1. The predicted molar refractivity (Wildman–Crippen MR) is 404 cm³/mol. The molecule has 7 aromatic rings. The van der Waals surface area contributed by atoms with E-state index in [-0.39, 0.29) is 87.1 Å². The van der Waals surface area contributed by atoms with Gasteiger partial charge in [-0.25, -0.2) is 24.7 Å². The van der Waals surface area contributed by atoms with E-state index in [1.807, 2.05) is 107 Å². The van der Waals surface area contributed by atoms with Crippen molar-refractivity contribution in [1.29, 1.82) is 5.26 Å². The van der Waals surface area contributed by atoms with Gasteiger partial charge in [-0.05, 0) is 138 Å². The molecule has 6 aliphatic heterocycles. The second kappa shape index (κ2) is 32.6. The molecule has 5 N–H and O–H groups in total. The summed E-state index contributed by atoms with van der Waals surface area (Å²) in [6, 6.07) is 31.6. The lowest BCUT2D eigenvalue weighted by atomic mass is 9.80. The van der Waals surface area contributed by atoms with E-state index in [1.54, 1.807) is 14.2 Å². The fourth-order valence-electron chi connectivity index (χ4n) is 15.6. The topological polar surface area (TPSA) is 251 Å². The first kappa shape index (κ1) is 74.7. The number of aromatic amines is 1. The van der Waals surface area contributed by atoms with Crippen LogP contribution in [0.1, 0.15) is 151 Å². The van der Waals surface area contributed by atoms with Gasteiger partial charge < -0.3 is 42.5 Å². The number of nitrogens with two attached hydrogens (primary N) is 2. The molecule has 546 valence electrons. The number of rotatable bonds is 25. The molecule has 0 saturated carbocycles. The van der Waals surface area contributed by atoms with Crippen molar-refractivity contribution in [3.8, 4) is 29.1 Å². The second-order valence-electron chi connectivity index (χ2n) is 27.3. The highest BCUT2D eigenvalue weighted by atomic mass is 35.5. The summed E-state index contributed by atoms with van der Waals surface area (Å²) < 4.78 is 52.4. The number of nitrogens with zero attached hydrogens (tertiary/aromatic N) is 6. The number of halogens is 3. The smallest absolute Gasteiger partial charge is 0.358 e. The van der Waals surface area contributed by atoms with Crippen LogP contribution in [0.3, 0.4) is 0 Å². The number of hydrazine groups is 1. The number of carbonyl (C=O) groups is 2. The number of aryl methyl sites for hydroxylation is 2. The van der Waals surface area contributed by atoms with Crippen LogP contribution in [-0.2, 0) is 59.4 Å². The highest BCUT2D eigenvalue weighted by Crippen LogP contribution is 2.54. The third kappa shape index (κ3) is 14.7. The molecule has 26 heteroatoms. The Labute approximate surface area is 625 Å². The van der Waals surface area contributed by atoms with Crippen LogP contribution in [0.2, 0.25) is 15.1 Å². The van der Waals surface area contributed by atoms with Crippen LogP contribution < -0.4 is 57.3 Å². The molecule has 0 spiro atoms. The molecule has 4 atom stereocenters. The highest BCUT2D eigenvalue weighted by molar-refractivity contribution is 8.00. The summed E-state index contributed by atoms with van der Waals surface area (Å²) in [7, 11) is 1.37. The highest BCUT2D eigenvalue weighted by Gasteiger charge is 2.46. The van der Waals surface area contributed by atoms with Crippen LogP contribution in [0, 0.1) is 11.3 Å². The maximum absolute atomic E-state index is 14.3. The number of nitrogens with one attached hydrogen (secondary N) is 1. The maximum atomic E-state index is 14.3. The third-order valence-electron chi connectivity index (χ3n) is 20.3. The Bertz CT molecular complexity index is 4690. The Kier molecular flexibility index (Phi) is 23.4. The van der Waals surface area contributed by atoms with Gasteiger partial charge in [-0.15, -0.1) is 11.8 Å². The van der Waals surface area contributed by atoms with Crippen LogP contribution in [0.25, 0.3) is 11.6 Å². The fraction of sp³-hybridized carbons (Fsp3) is 0.410. The molecule has 1 aromatic heterocycles. The molecule has 4 unspecified atom stereocenters. The van der Waals surface area contributed by atoms with Gasteiger partial charge in [0.15, 0.2) is 0 Å². The average molecular weight is 1510 g/mol. The molecule has 1 fully saturated rings. The number of hydrogen-bond acceptors (Lipinski definition) is 18. The third-order valence-corrected chi connectivity index (χ3v) is 25.0. The first-order chi connectivity index (χ1) is 50.4. The van der Waals surface area contributed by atoms with Crippen molar-refractivity contribution >= 4 is 84.3 Å². The minimum absolute atomic E-state index is 0.0449. The Hall–Kier alpha value is -7.59. The number of nitriles is 1. The number of carbonyl (C=O) groups excluding carboxylic acids is 2. The van der Waals surface area contributed by atoms with E-state index in [0.29, 0.717) is 17.1 Å². The standard InChI is InChI=1S/C78H85Cl3N9O12PS/c1-46(2)90(47(3)4)103(98-39-17-33-82)102-60-42-63(99-61(60)44-97-78(51-21-8-7-9-22-51,52-25-29-54(95-5)30-26-52)53-27-31-55(96-6)32-28-53)88-43-50(75(92)85-77(88)94)20-14-38-89(83)62(91)45-104-74-68(80)65(66(76(93)101-84)67(79)69(74)81)64-58-40-48-18-10-12-34-86-36-15-23-56(70(48)86)72(58)100-73-57-24-16-37-87-35-13-11-19-49(71(57)87)41-59(64)73/h7-9,14,20-22,25-32,40-41,43,46-47,60-61,63H,10-13,15-19,23-24,34-39,42,44-45,83-84H2,1-6H3/p+1/b20-14+. The van der Waals surface area contributed by atoms with Gasteiger partial charge in [0.25, 0.3) is 14.1 Å². The van der Waals surface area contributed by atoms with Crippen LogP contribution in [0.4, 0.5) is 5.69 Å². The number of methoxy groups -OCH3 is 2. The van der Waals surface area contributed by atoms with Gasteiger partial charge in [0.2, 0.25) is 11.3 Å². The lowest BCUT2D eigenvalue weighted by Gasteiger charge is -2.39. The van der Waals surface area contributed by atoms with E-state index in [4.69, 9.17) is 84.1 Å². The van der Waals surface area contributed by atoms with E-state index < -0.39 is 55.7 Å². The quantitative estimate of drug-likeness (QED) is 0.00553. The molecule has 1 saturated heterocycles. The van der Waals surface area contributed by atoms with E-state index in [1.165, 1.54) is 45.1 Å². The minimum Gasteiger partial charge on any atom is -0.497 e. The van der Waals surface area contributed by atoms with Crippen molar-refractivity contribution in [3.05, 3.63) is 211 Å². The van der Waals surface area contributed by atoms with Crippen molar-refractivity contribution in [2.24, 2.45) is 11.7 Å². The zero-order chi connectivity index (χ0) is 73.1.